The SMILES string of the molecule is Cn1cc(C2CN(C(=O)c3nnc(-c4ccc(F)cc4F)o3)Cc3ccccc32)cn1. The second kappa shape index (κ2) is 7.42. The van der Waals surface area contributed by atoms with E-state index < -0.39 is 17.5 Å². The molecular formula is C22H17F2N5O2. The molecule has 1 aliphatic heterocycles. The first kappa shape index (κ1) is 19.1. The van der Waals surface area contributed by atoms with Crippen LogP contribution in [0.5, 0.6) is 0 Å². The summed E-state index contributed by atoms with van der Waals surface area (Å²) in [6.07, 6.45) is 3.72. The fourth-order valence-corrected chi connectivity index (χ4v) is 3.88. The van der Waals surface area contributed by atoms with E-state index in [1.54, 1.807) is 15.8 Å². The van der Waals surface area contributed by atoms with Gasteiger partial charge in [0.1, 0.15) is 11.6 Å². The third-order valence-electron chi connectivity index (χ3n) is 5.38. The molecule has 0 saturated heterocycles. The summed E-state index contributed by atoms with van der Waals surface area (Å²) in [5, 5.41) is 11.8. The highest BCUT2D eigenvalue weighted by Gasteiger charge is 2.32. The standard InChI is InChI=1S/C22H17F2N5O2/c1-28-10-14(9-25-28)18-12-29(11-13-4-2-3-5-16(13)18)22(30)21-27-26-20(31-21)17-7-6-15(23)8-19(17)24/h2-10,18H,11-12H2,1H3. The van der Waals surface area contributed by atoms with Crippen LogP contribution in [0.2, 0.25) is 0 Å². The van der Waals surface area contributed by atoms with Crippen LogP contribution >= 0.6 is 0 Å². The van der Waals surface area contributed by atoms with Gasteiger partial charge in [0.15, 0.2) is 0 Å². The zero-order chi connectivity index (χ0) is 21.5. The van der Waals surface area contributed by atoms with Crippen molar-refractivity contribution in [3.05, 3.63) is 89.1 Å². The van der Waals surface area contributed by atoms with Crippen LogP contribution in [0.15, 0.2) is 59.3 Å². The lowest BCUT2D eigenvalue weighted by Crippen LogP contribution is -2.38. The number of halogens is 2. The maximum absolute atomic E-state index is 14.0. The van der Waals surface area contributed by atoms with Crippen LogP contribution in [0.25, 0.3) is 11.5 Å². The number of benzene rings is 2. The first-order valence-electron chi connectivity index (χ1n) is 9.64. The third-order valence-corrected chi connectivity index (χ3v) is 5.38. The number of aryl methyl sites for hydroxylation is 1. The van der Waals surface area contributed by atoms with E-state index in [0.717, 1.165) is 28.8 Å². The molecule has 0 spiro atoms. The number of aromatic nitrogens is 4. The maximum atomic E-state index is 14.0. The van der Waals surface area contributed by atoms with Gasteiger partial charge in [-0.15, -0.1) is 10.2 Å². The molecule has 0 saturated carbocycles. The Morgan fingerprint density at radius 2 is 2.00 bits per heavy atom. The molecule has 1 unspecified atom stereocenters. The molecule has 7 nitrogen and oxygen atoms in total. The minimum absolute atomic E-state index is 0.0560. The lowest BCUT2D eigenvalue weighted by atomic mass is 9.86. The number of carbonyl (C=O) groups is 1. The Morgan fingerprint density at radius 3 is 2.77 bits per heavy atom. The van der Waals surface area contributed by atoms with Gasteiger partial charge < -0.3 is 9.32 Å². The van der Waals surface area contributed by atoms with Crippen molar-refractivity contribution in [2.24, 2.45) is 7.05 Å². The van der Waals surface area contributed by atoms with Gasteiger partial charge in [-0.2, -0.15) is 5.10 Å². The zero-order valence-corrected chi connectivity index (χ0v) is 16.5. The molecule has 0 fully saturated rings. The fraction of sp³-hybridized carbons (Fsp3) is 0.182. The molecule has 31 heavy (non-hydrogen) atoms. The van der Waals surface area contributed by atoms with Crippen LogP contribution in [0.4, 0.5) is 8.78 Å². The summed E-state index contributed by atoms with van der Waals surface area (Å²) in [6, 6.07) is 10.9. The molecule has 2 aromatic carbocycles. The normalized spacial score (nSPS) is 15.7. The highest BCUT2D eigenvalue weighted by atomic mass is 19.1. The molecule has 1 amide bonds. The smallest absolute Gasteiger partial charge is 0.311 e. The van der Waals surface area contributed by atoms with Crippen molar-refractivity contribution in [2.75, 3.05) is 6.54 Å². The number of amides is 1. The van der Waals surface area contributed by atoms with Crippen LogP contribution in [-0.4, -0.2) is 37.3 Å². The highest BCUT2D eigenvalue weighted by Crippen LogP contribution is 2.34. The Balaban J connectivity index is 1.45. The van der Waals surface area contributed by atoms with Crippen LogP contribution in [0.1, 0.15) is 33.3 Å². The molecule has 0 bridgehead atoms. The molecule has 0 N–H and O–H groups in total. The summed E-state index contributed by atoms with van der Waals surface area (Å²) >= 11 is 0. The maximum Gasteiger partial charge on any atom is 0.311 e. The van der Waals surface area contributed by atoms with E-state index >= 15 is 0 Å². The predicted octanol–water partition coefficient (Wildman–Crippen LogP) is 3.54. The molecule has 9 heteroatoms. The number of fused-ring (bicyclic) bond motifs is 1. The molecule has 1 aliphatic rings. The molecule has 0 aliphatic carbocycles. The van der Waals surface area contributed by atoms with Crippen LogP contribution in [-0.2, 0) is 13.6 Å². The minimum atomic E-state index is -0.841. The largest absolute Gasteiger partial charge is 0.412 e. The molecule has 4 aromatic rings. The topological polar surface area (TPSA) is 77.0 Å². The molecule has 5 rings (SSSR count). The molecule has 3 heterocycles. The number of carbonyl (C=O) groups excluding carboxylic acids is 1. The summed E-state index contributed by atoms with van der Waals surface area (Å²) in [4.78, 5) is 14.8. The van der Waals surface area contributed by atoms with E-state index in [1.165, 1.54) is 6.07 Å². The van der Waals surface area contributed by atoms with Crippen molar-refractivity contribution < 1.29 is 18.0 Å². The number of rotatable bonds is 3. The Labute approximate surface area is 175 Å². The quantitative estimate of drug-likeness (QED) is 0.506. The monoisotopic (exact) mass is 421 g/mol. The van der Waals surface area contributed by atoms with E-state index in [9.17, 15) is 13.6 Å². The Kier molecular flexibility index (Phi) is 4.58. The molecule has 1 atom stereocenters. The van der Waals surface area contributed by atoms with E-state index in [-0.39, 0.29) is 23.3 Å². The van der Waals surface area contributed by atoms with E-state index in [0.29, 0.717) is 13.1 Å². The van der Waals surface area contributed by atoms with Gasteiger partial charge in [-0.1, -0.05) is 24.3 Å². The van der Waals surface area contributed by atoms with Gasteiger partial charge >= 0.3 is 11.8 Å². The number of hydrogen-bond donors (Lipinski definition) is 0. The summed E-state index contributed by atoms with van der Waals surface area (Å²) < 4.78 is 34.4. The Hall–Kier alpha value is -3.88. The van der Waals surface area contributed by atoms with E-state index in [4.69, 9.17) is 4.42 Å². The van der Waals surface area contributed by atoms with Crippen molar-refractivity contribution in [3.8, 4) is 11.5 Å². The predicted molar refractivity (Wildman–Crippen MR) is 106 cm³/mol. The zero-order valence-electron chi connectivity index (χ0n) is 16.5. The van der Waals surface area contributed by atoms with Crippen molar-refractivity contribution in [1.29, 1.82) is 0 Å². The van der Waals surface area contributed by atoms with Crippen LogP contribution in [0, 0.1) is 11.6 Å². The Morgan fingerprint density at radius 1 is 1.16 bits per heavy atom. The molecular weight excluding hydrogens is 404 g/mol. The van der Waals surface area contributed by atoms with Crippen molar-refractivity contribution in [2.45, 2.75) is 12.5 Å². The van der Waals surface area contributed by atoms with Gasteiger partial charge in [0.2, 0.25) is 0 Å². The van der Waals surface area contributed by atoms with Gasteiger partial charge in [0.25, 0.3) is 5.89 Å². The second-order valence-corrected chi connectivity index (χ2v) is 7.42. The van der Waals surface area contributed by atoms with Crippen molar-refractivity contribution >= 4 is 5.91 Å². The van der Waals surface area contributed by atoms with Crippen LogP contribution in [0.3, 0.4) is 0 Å². The first-order chi connectivity index (χ1) is 15.0. The van der Waals surface area contributed by atoms with Crippen molar-refractivity contribution in [3.63, 3.8) is 0 Å². The average molecular weight is 421 g/mol. The molecule has 2 aromatic heterocycles. The molecule has 156 valence electrons. The van der Waals surface area contributed by atoms with Gasteiger partial charge in [-0.25, -0.2) is 8.78 Å². The van der Waals surface area contributed by atoms with Gasteiger partial charge in [-0.05, 0) is 28.8 Å². The summed E-state index contributed by atoms with van der Waals surface area (Å²) in [5.74, 6) is -2.49. The van der Waals surface area contributed by atoms with E-state index in [2.05, 4.69) is 21.4 Å². The first-order valence-corrected chi connectivity index (χ1v) is 9.64. The summed E-state index contributed by atoms with van der Waals surface area (Å²) in [7, 11) is 1.84. The van der Waals surface area contributed by atoms with Gasteiger partial charge in [-0.3, -0.25) is 9.48 Å². The highest BCUT2D eigenvalue weighted by molar-refractivity contribution is 5.90. The Bertz CT molecular complexity index is 1280. The molecule has 0 radical (unpaired) electrons. The minimum Gasteiger partial charge on any atom is -0.412 e. The average Bonchev–Trinajstić information content (AvgIpc) is 3.42. The summed E-state index contributed by atoms with van der Waals surface area (Å²) in [6.45, 7) is 0.790. The van der Waals surface area contributed by atoms with Crippen molar-refractivity contribution in [1.82, 2.24) is 24.9 Å². The van der Waals surface area contributed by atoms with Crippen LogP contribution < -0.4 is 0 Å². The van der Waals surface area contributed by atoms with Gasteiger partial charge in [0, 0.05) is 38.3 Å². The third kappa shape index (κ3) is 3.48. The number of hydrogen-bond acceptors (Lipinski definition) is 5. The second-order valence-electron chi connectivity index (χ2n) is 7.42. The summed E-state index contributed by atoms with van der Waals surface area (Å²) in [5.41, 5.74) is 3.08. The van der Waals surface area contributed by atoms with E-state index in [1.807, 2.05) is 31.4 Å². The number of nitrogens with zero attached hydrogens (tertiary/aromatic N) is 5. The fourth-order valence-electron chi connectivity index (χ4n) is 3.88. The van der Waals surface area contributed by atoms with Gasteiger partial charge in [0.05, 0.1) is 11.8 Å². The lowest BCUT2D eigenvalue weighted by molar-refractivity contribution is 0.0685. The lowest BCUT2D eigenvalue weighted by Gasteiger charge is -2.33.